The first kappa shape index (κ1) is 12.4. The zero-order valence-corrected chi connectivity index (χ0v) is 11.2. The lowest BCUT2D eigenvalue weighted by Crippen LogP contribution is -2.28. The number of hydrogen-bond donors (Lipinski definition) is 1. The van der Waals surface area contributed by atoms with E-state index in [-0.39, 0.29) is 6.04 Å². The van der Waals surface area contributed by atoms with Crippen molar-refractivity contribution >= 4 is 0 Å². The topological polar surface area (TPSA) is 47.1 Å². The zero-order valence-electron chi connectivity index (χ0n) is 11.2. The molecule has 4 nitrogen and oxygen atoms in total. The number of likely N-dealkylation sites (tertiary alicyclic amines) is 1. The van der Waals surface area contributed by atoms with Crippen LogP contribution in [0.3, 0.4) is 0 Å². The highest BCUT2D eigenvalue weighted by atomic mass is 15.2. The van der Waals surface area contributed by atoms with Crippen LogP contribution in [0.2, 0.25) is 0 Å². The van der Waals surface area contributed by atoms with Gasteiger partial charge in [-0.15, -0.1) is 0 Å². The van der Waals surface area contributed by atoms with E-state index in [0.29, 0.717) is 5.92 Å². The second-order valence-corrected chi connectivity index (χ2v) is 5.40. The Morgan fingerprint density at radius 2 is 2.05 bits per heavy atom. The molecule has 2 heterocycles. The first-order valence-corrected chi connectivity index (χ1v) is 6.73. The molecule has 0 saturated carbocycles. The molecule has 1 aliphatic rings. The number of hydrogen-bond acceptors (Lipinski definition) is 3. The van der Waals surface area contributed by atoms with Crippen molar-refractivity contribution in [3.8, 4) is 0 Å². The fourth-order valence-corrected chi connectivity index (χ4v) is 2.87. The summed E-state index contributed by atoms with van der Waals surface area (Å²) in [5.41, 5.74) is 8.89. The highest BCUT2D eigenvalue weighted by molar-refractivity contribution is 5.19. The summed E-state index contributed by atoms with van der Waals surface area (Å²) in [6, 6.07) is 10.8. The molecule has 4 heteroatoms. The molecule has 0 spiro atoms. The predicted molar refractivity (Wildman–Crippen MR) is 75.6 cm³/mol. The fraction of sp³-hybridized carbons (Fsp3) is 0.400. The summed E-state index contributed by atoms with van der Waals surface area (Å²) in [5.74, 6) is 0.400. The maximum atomic E-state index is 6.29. The van der Waals surface area contributed by atoms with E-state index in [0.717, 1.165) is 19.6 Å². The van der Waals surface area contributed by atoms with Gasteiger partial charge in [0.2, 0.25) is 0 Å². The average molecular weight is 256 g/mol. The molecule has 1 saturated heterocycles. The molecular weight excluding hydrogens is 236 g/mol. The van der Waals surface area contributed by atoms with Crippen LogP contribution in [0.25, 0.3) is 0 Å². The standard InChI is InChI=1S/C15H20N4/c1-18-9-13(7-17-18)14-10-19(11-15(14)16)8-12-5-3-2-4-6-12/h2-7,9,14-15H,8,10-11,16H2,1H3/t14-,15-/m0/s1. The summed E-state index contributed by atoms with van der Waals surface area (Å²) in [4.78, 5) is 2.43. The third-order valence-electron chi connectivity index (χ3n) is 3.84. The van der Waals surface area contributed by atoms with Crippen molar-refractivity contribution < 1.29 is 0 Å². The minimum Gasteiger partial charge on any atom is -0.326 e. The third-order valence-corrected chi connectivity index (χ3v) is 3.84. The molecule has 0 aliphatic carbocycles. The van der Waals surface area contributed by atoms with Crippen LogP contribution in [0.5, 0.6) is 0 Å². The molecule has 1 fully saturated rings. The summed E-state index contributed by atoms with van der Waals surface area (Å²) < 4.78 is 1.85. The van der Waals surface area contributed by atoms with Crippen LogP contribution in [0.1, 0.15) is 17.0 Å². The van der Waals surface area contributed by atoms with Crippen LogP contribution in [0, 0.1) is 0 Å². The predicted octanol–water partition coefficient (Wildman–Crippen LogP) is 1.35. The summed E-state index contributed by atoms with van der Waals surface area (Å²) in [6.07, 6.45) is 4.02. The van der Waals surface area contributed by atoms with Gasteiger partial charge < -0.3 is 5.73 Å². The molecule has 1 aromatic heterocycles. The normalized spacial score (nSPS) is 23.9. The van der Waals surface area contributed by atoms with Gasteiger partial charge in [0, 0.05) is 44.8 Å². The third kappa shape index (κ3) is 2.69. The molecule has 3 rings (SSSR count). The van der Waals surface area contributed by atoms with Crippen molar-refractivity contribution in [3.63, 3.8) is 0 Å². The molecule has 0 bridgehead atoms. The van der Waals surface area contributed by atoms with E-state index in [2.05, 4.69) is 46.5 Å². The Kier molecular flexibility index (Phi) is 3.36. The largest absolute Gasteiger partial charge is 0.326 e. The van der Waals surface area contributed by atoms with Gasteiger partial charge in [0.15, 0.2) is 0 Å². The Bertz CT molecular complexity index is 534. The van der Waals surface area contributed by atoms with Gasteiger partial charge in [-0.1, -0.05) is 30.3 Å². The van der Waals surface area contributed by atoms with Crippen molar-refractivity contribution in [3.05, 3.63) is 53.9 Å². The molecule has 0 unspecified atom stereocenters. The fourth-order valence-electron chi connectivity index (χ4n) is 2.87. The van der Waals surface area contributed by atoms with E-state index >= 15 is 0 Å². The molecule has 0 amide bonds. The monoisotopic (exact) mass is 256 g/mol. The van der Waals surface area contributed by atoms with Crippen LogP contribution in [0.4, 0.5) is 0 Å². The van der Waals surface area contributed by atoms with E-state index in [9.17, 15) is 0 Å². The molecular formula is C15H20N4. The number of aromatic nitrogens is 2. The van der Waals surface area contributed by atoms with Gasteiger partial charge in [-0.3, -0.25) is 9.58 Å². The Balaban J connectivity index is 1.68. The smallest absolute Gasteiger partial charge is 0.0525 e. The number of nitrogens with zero attached hydrogens (tertiary/aromatic N) is 3. The van der Waals surface area contributed by atoms with E-state index < -0.39 is 0 Å². The average Bonchev–Trinajstić information content (AvgIpc) is 2.97. The molecule has 0 radical (unpaired) electrons. The van der Waals surface area contributed by atoms with Gasteiger partial charge >= 0.3 is 0 Å². The van der Waals surface area contributed by atoms with E-state index in [1.54, 1.807) is 0 Å². The molecule has 100 valence electrons. The lowest BCUT2D eigenvalue weighted by molar-refractivity contribution is 0.324. The highest BCUT2D eigenvalue weighted by Crippen LogP contribution is 2.27. The van der Waals surface area contributed by atoms with Gasteiger partial charge in [0.25, 0.3) is 0 Å². The minimum atomic E-state index is 0.202. The first-order chi connectivity index (χ1) is 9.22. The van der Waals surface area contributed by atoms with E-state index in [1.165, 1.54) is 11.1 Å². The van der Waals surface area contributed by atoms with Crippen LogP contribution in [-0.4, -0.2) is 33.8 Å². The van der Waals surface area contributed by atoms with Crippen molar-refractivity contribution in [2.45, 2.75) is 18.5 Å². The Hall–Kier alpha value is -1.65. The SMILES string of the molecule is Cn1cc([C@@H]2CN(Cc3ccccc3)C[C@@H]2N)cn1. The molecule has 2 aromatic rings. The van der Waals surface area contributed by atoms with Gasteiger partial charge in [-0.2, -0.15) is 5.10 Å². The molecule has 1 aromatic carbocycles. The first-order valence-electron chi connectivity index (χ1n) is 6.73. The Morgan fingerprint density at radius 3 is 2.74 bits per heavy atom. The quantitative estimate of drug-likeness (QED) is 0.901. The Morgan fingerprint density at radius 1 is 1.26 bits per heavy atom. The van der Waals surface area contributed by atoms with Gasteiger partial charge in [0.1, 0.15) is 0 Å². The number of rotatable bonds is 3. The van der Waals surface area contributed by atoms with Crippen LogP contribution in [0.15, 0.2) is 42.7 Å². The van der Waals surface area contributed by atoms with Crippen molar-refractivity contribution in [2.75, 3.05) is 13.1 Å². The van der Waals surface area contributed by atoms with E-state index in [4.69, 9.17) is 5.73 Å². The number of nitrogens with two attached hydrogens (primary N) is 1. The van der Waals surface area contributed by atoms with Crippen molar-refractivity contribution in [2.24, 2.45) is 12.8 Å². The van der Waals surface area contributed by atoms with Crippen LogP contribution >= 0.6 is 0 Å². The maximum Gasteiger partial charge on any atom is 0.0525 e. The second kappa shape index (κ2) is 5.15. The summed E-state index contributed by atoms with van der Waals surface area (Å²) in [5, 5.41) is 4.25. The van der Waals surface area contributed by atoms with Crippen LogP contribution < -0.4 is 5.73 Å². The van der Waals surface area contributed by atoms with E-state index in [1.807, 2.05) is 17.9 Å². The van der Waals surface area contributed by atoms with Crippen LogP contribution in [-0.2, 0) is 13.6 Å². The van der Waals surface area contributed by atoms with Gasteiger partial charge in [-0.05, 0) is 11.1 Å². The molecule has 2 N–H and O–H groups in total. The number of aryl methyl sites for hydroxylation is 1. The second-order valence-electron chi connectivity index (χ2n) is 5.40. The van der Waals surface area contributed by atoms with Crippen molar-refractivity contribution in [1.82, 2.24) is 14.7 Å². The summed E-state index contributed by atoms with van der Waals surface area (Å²) >= 11 is 0. The maximum absolute atomic E-state index is 6.29. The van der Waals surface area contributed by atoms with Gasteiger partial charge in [0.05, 0.1) is 6.20 Å². The van der Waals surface area contributed by atoms with Gasteiger partial charge in [-0.25, -0.2) is 0 Å². The molecule has 19 heavy (non-hydrogen) atoms. The summed E-state index contributed by atoms with van der Waals surface area (Å²) in [6.45, 7) is 2.95. The lowest BCUT2D eigenvalue weighted by atomic mass is 9.98. The molecule has 2 atom stereocenters. The summed E-state index contributed by atoms with van der Waals surface area (Å²) in [7, 11) is 1.95. The highest BCUT2D eigenvalue weighted by Gasteiger charge is 2.31. The zero-order chi connectivity index (χ0) is 13.2. The Labute approximate surface area is 113 Å². The van der Waals surface area contributed by atoms with Crippen molar-refractivity contribution in [1.29, 1.82) is 0 Å². The lowest BCUT2D eigenvalue weighted by Gasteiger charge is -2.15. The minimum absolute atomic E-state index is 0.202. The number of benzene rings is 1. The molecule has 1 aliphatic heterocycles.